The van der Waals surface area contributed by atoms with Gasteiger partial charge in [0, 0.05) is 12.7 Å². The average molecular weight is 341 g/mol. The highest BCUT2D eigenvalue weighted by Crippen LogP contribution is 2.31. The molecular weight excluding hydrogens is 326 g/mol. The fourth-order valence-corrected chi connectivity index (χ4v) is 2.38. The molecule has 3 aromatic rings. The number of nitrogens with one attached hydrogen (secondary N) is 1. The van der Waals surface area contributed by atoms with Gasteiger partial charge < -0.3 is 13.9 Å². The van der Waals surface area contributed by atoms with E-state index >= 15 is 0 Å². The number of ether oxygens (including phenoxy) is 2. The molecule has 0 bridgehead atoms. The summed E-state index contributed by atoms with van der Waals surface area (Å²) < 4.78 is 18.3. The lowest BCUT2D eigenvalue weighted by atomic mass is 10.2. The van der Waals surface area contributed by atoms with Crippen molar-refractivity contribution in [2.45, 2.75) is 13.0 Å². The van der Waals surface area contributed by atoms with Crippen LogP contribution in [0, 0.1) is 6.92 Å². The summed E-state index contributed by atoms with van der Waals surface area (Å²) >= 11 is 0. The second kappa shape index (κ2) is 5.93. The smallest absolute Gasteiger partial charge is 0.322 e. The van der Waals surface area contributed by atoms with Crippen LogP contribution in [0.3, 0.4) is 0 Å². The predicted octanol–water partition coefficient (Wildman–Crippen LogP) is 1.56. The number of para-hydroxylation sites is 2. The number of benzene rings is 1. The molecule has 1 aliphatic rings. The van der Waals surface area contributed by atoms with Gasteiger partial charge in [0.05, 0.1) is 0 Å². The van der Waals surface area contributed by atoms with Crippen LogP contribution in [0.1, 0.15) is 5.69 Å². The van der Waals surface area contributed by atoms with Gasteiger partial charge in [0.2, 0.25) is 6.10 Å². The molecule has 3 heterocycles. The Morgan fingerprint density at radius 2 is 2.08 bits per heavy atom. The molecule has 0 saturated carbocycles. The van der Waals surface area contributed by atoms with Gasteiger partial charge in [0.1, 0.15) is 12.3 Å². The van der Waals surface area contributed by atoms with Crippen LogP contribution < -0.4 is 14.8 Å². The van der Waals surface area contributed by atoms with Crippen molar-refractivity contribution in [3.05, 3.63) is 36.0 Å². The van der Waals surface area contributed by atoms with Crippen molar-refractivity contribution in [3.8, 4) is 23.1 Å². The minimum atomic E-state index is -0.803. The normalized spacial score (nSPS) is 15.8. The molecule has 1 amide bonds. The maximum absolute atomic E-state index is 12.3. The molecule has 128 valence electrons. The standard InChI is InChI=1S/C16H15N5O4/c1-9-7-10(20-21(9)2)15-18-19-16(25-15)17-14(22)13-8-23-11-5-3-4-6-12(11)24-13/h3-7,13H,8H2,1-2H3,(H,17,19,22)/t13-/m1/s1. The van der Waals surface area contributed by atoms with Gasteiger partial charge in [0.15, 0.2) is 11.5 Å². The Hall–Kier alpha value is -3.36. The summed E-state index contributed by atoms with van der Waals surface area (Å²) in [5, 5.41) is 14.5. The van der Waals surface area contributed by atoms with Crippen molar-refractivity contribution >= 4 is 11.9 Å². The molecule has 9 nitrogen and oxygen atoms in total. The average Bonchev–Trinajstić information content (AvgIpc) is 3.21. The molecule has 0 spiro atoms. The fourth-order valence-electron chi connectivity index (χ4n) is 2.38. The van der Waals surface area contributed by atoms with Crippen LogP contribution in [0.25, 0.3) is 11.6 Å². The number of hydrogen-bond acceptors (Lipinski definition) is 7. The molecule has 1 N–H and O–H groups in total. The lowest BCUT2D eigenvalue weighted by Gasteiger charge is -2.24. The van der Waals surface area contributed by atoms with Gasteiger partial charge in [-0.15, -0.1) is 5.10 Å². The summed E-state index contributed by atoms with van der Waals surface area (Å²) in [6, 6.07) is 8.95. The van der Waals surface area contributed by atoms with Crippen molar-refractivity contribution in [1.82, 2.24) is 20.0 Å². The Labute approximate surface area is 142 Å². The number of rotatable bonds is 3. The first-order chi connectivity index (χ1) is 12.1. The Balaban J connectivity index is 1.45. The van der Waals surface area contributed by atoms with Gasteiger partial charge in [-0.3, -0.25) is 14.8 Å². The van der Waals surface area contributed by atoms with Gasteiger partial charge in [-0.2, -0.15) is 5.10 Å². The molecule has 0 saturated heterocycles. The van der Waals surface area contributed by atoms with E-state index in [1.54, 1.807) is 16.8 Å². The zero-order valence-electron chi connectivity index (χ0n) is 13.6. The number of nitrogens with zero attached hydrogens (tertiary/aromatic N) is 4. The third kappa shape index (κ3) is 2.91. The number of anilines is 1. The van der Waals surface area contributed by atoms with E-state index in [-0.39, 0.29) is 18.5 Å². The lowest BCUT2D eigenvalue weighted by Crippen LogP contribution is -2.40. The summed E-state index contributed by atoms with van der Waals surface area (Å²) in [7, 11) is 1.82. The van der Waals surface area contributed by atoms with Crippen LogP contribution in [0.4, 0.5) is 6.01 Å². The Bertz CT molecular complexity index is 913. The number of hydrogen-bond donors (Lipinski definition) is 1. The van der Waals surface area contributed by atoms with Gasteiger partial charge in [-0.1, -0.05) is 17.2 Å². The monoisotopic (exact) mass is 341 g/mol. The molecular formula is C16H15N5O4. The van der Waals surface area contributed by atoms with Gasteiger partial charge >= 0.3 is 6.01 Å². The van der Waals surface area contributed by atoms with Crippen LogP contribution in [0.15, 0.2) is 34.7 Å². The highest BCUT2D eigenvalue weighted by molar-refractivity contribution is 5.93. The minimum Gasteiger partial charge on any atom is -0.485 e. The molecule has 4 rings (SSSR count). The van der Waals surface area contributed by atoms with Crippen molar-refractivity contribution in [2.24, 2.45) is 7.05 Å². The van der Waals surface area contributed by atoms with E-state index in [9.17, 15) is 4.79 Å². The number of aromatic nitrogens is 4. The molecule has 25 heavy (non-hydrogen) atoms. The van der Waals surface area contributed by atoms with E-state index in [4.69, 9.17) is 13.9 Å². The summed E-state index contributed by atoms with van der Waals surface area (Å²) in [5.74, 6) is 0.924. The van der Waals surface area contributed by atoms with E-state index in [0.29, 0.717) is 17.2 Å². The molecule has 1 atom stereocenters. The first kappa shape index (κ1) is 15.2. The highest BCUT2D eigenvalue weighted by Gasteiger charge is 2.28. The third-order valence-corrected chi connectivity index (χ3v) is 3.79. The number of carbonyl (C=O) groups excluding carboxylic acids is 1. The van der Waals surface area contributed by atoms with E-state index in [2.05, 4.69) is 20.6 Å². The van der Waals surface area contributed by atoms with Crippen LogP contribution in [0.2, 0.25) is 0 Å². The second-order valence-electron chi connectivity index (χ2n) is 5.56. The van der Waals surface area contributed by atoms with E-state index < -0.39 is 12.0 Å². The maximum atomic E-state index is 12.3. The molecule has 0 aliphatic carbocycles. The third-order valence-electron chi connectivity index (χ3n) is 3.79. The topological polar surface area (TPSA) is 104 Å². The second-order valence-corrected chi connectivity index (χ2v) is 5.56. The SMILES string of the molecule is Cc1cc(-c2nnc(NC(=O)[C@H]3COc4ccccc4O3)o2)nn1C. The first-order valence-electron chi connectivity index (χ1n) is 7.64. The molecule has 0 fully saturated rings. The quantitative estimate of drug-likeness (QED) is 0.771. The van der Waals surface area contributed by atoms with E-state index in [1.807, 2.05) is 32.2 Å². The summed E-state index contributed by atoms with van der Waals surface area (Å²) in [6.07, 6.45) is -0.803. The van der Waals surface area contributed by atoms with Crippen molar-refractivity contribution in [3.63, 3.8) is 0 Å². The minimum absolute atomic E-state index is 0.0224. The fraction of sp³-hybridized carbons (Fsp3) is 0.250. The van der Waals surface area contributed by atoms with Gasteiger partial charge in [-0.25, -0.2) is 0 Å². The molecule has 2 aromatic heterocycles. The lowest BCUT2D eigenvalue weighted by molar-refractivity contribution is -0.125. The molecule has 1 aliphatic heterocycles. The van der Waals surface area contributed by atoms with Gasteiger partial charge in [0.25, 0.3) is 11.8 Å². The summed E-state index contributed by atoms with van der Waals surface area (Å²) in [6.45, 7) is 2.01. The Morgan fingerprint density at radius 1 is 1.28 bits per heavy atom. The zero-order chi connectivity index (χ0) is 17.4. The summed E-state index contributed by atoms with van der Waals surface area (Å²) in [4.78, 5) is 12.3. The largest absolute Gasteiger partial charge is 0.485 e. The number of carbonyl (C=O) groups is 1. The molecule has 0 unspecified atom stereocenters. The van der Waals surface area contributed by atoms with Crippen LogP contribution in [-0.4, -0.2) is 38.6 Å². The molecule has 1 aromatic carbocycles. The summed E-state index contributed by atoms with van der Waals surface area (Å²) in [5.41, 5.74) is 1.49. The number of amides is 1. The predicted molar refractivity (Wildman–Crippen MR) is 86.2 cm³/mol. The first-order valence-corrected chi connectivity index (χ1v) is 7.64. The van der Waals surface area contributed by atoms with E-state index in [1.165, 1.54) is 0 Å². The van der Waals surface area contributed by atoms with Crippen LogP contribution >= 0.6 is 0 Å². The van der Waals surface area contributed by atoms with Crippen molar-refractivity contribution < 1.29 is 18.7 Å². The zero-order valence-corrected chi connectivity index (χ0v) is 13.6. The highest BCUT2D eigenvalue weighted by atomic mass is 16.6. The Kier molecular flexibility index (Phi) is 3.60. The van der Waals surface area contributed by atoms with Crippen LogP contribution in [-0.2, 0) is 11.8 Å². The molecule has 9 heteroatoms. The van der Waals surface area contributed by atoms with Crippen molar-refractivity contribution in [2.75, 3.05) is 11.9 Å². The maximum Gasteiger partial charge on any atom is 0.322 e. The number of aryl methyl sites for hydroxylation is 2. The van der Waals surface area contributed by atoms with Gasteiger partial charge in [-0.05, 0) is 25.1 Å². The van der Waals surface area contributed by atoms with Crippen LogP contribution in [0.5, 0.6) is 11.5 Å². The molecule has 0 radical (unpaired) electrons. The number of fused-ring (bicyclic) bond motifs is 1. The van der Waals surface area contributed by atoms with E-state index in [0.717, 1.165) is 5.69 Å². The van der Waals surface area contributed by atoms with Crippen molar-refractivity contribution in [1.29, 1.82) is 0 Å². The Morgan fingerprint density at radius 3 is 2.84 bits per heavy atom.